The number of hydrogen-bond acceptors (Lipinski definition) is 4. The van der Waals surface area contributed by atoms with E-state index in [-0.39, 0.29) is 6.04 Å². The quantitative estimate of drug-likeness (QED) is 0.804. The molecule has 0 saturated heterocycles. The van der Waals surface area contributed by atoms with Crippen LogP contribution < -0.4 is 10.5 Å². The lowest BCUT2D eigenvalue weighted by Gasteiger charge is -2.14. The summed E-state index contributed by atoms with van der Waals surface area (Å²) in [6.07, 6.45) is 7.64. The third-order valence-electron chi connectivity index (χ3n) is 3.44. The Morgan fingerprint density at radius 2 is 2.24 bits per heavy atom. The molecule has 1 unspecified atom stereocenters. The van der Waals surface area contributed by atoms with Crippen LogP contribution in [0.3, 0.4) is 0 Å². The van der Waals surface area contributed by atoms with Gasteiger partial charge in [0.2, 0.25) is 0 Å². The van der Waals surface area contributed by atoms with Crippen LogP contribution in [0.5, 0.6) is 5.75 Å². The molecule has 2 heterocycles. The molecule has 0 saturated carbocycles. The van der Waals surface area contributed by atoms with Gasteiger partial charge in [0.1, 0.15) is 5.75 Å². The summed E-state index contributed by atoms with van der Waals surface area (Å²) in [6, 6.07) is 5.32. The minimum Gasteiger partial charge on any atom is -0.496 e. The number of aromatic nitrogens is 3. The van der Waals surface area contributed by atoms with Gasteiger partial charge in [-0.3, -0.25) is 4.98 Å². The Labute approximate surface area is 127 Å². The van der Waals surface area contributed by atoms with E-state index in [1.54, 1.807) is 42.5 Å². The van der Waals surface area contributed by atoms with E-state index >= 15 is 0 Å². The summed E-state index contributed by atoms with van der Waals surface area (Å²) >= 11 is 6.05. The lowest BCUT2D eigenvalue weighted by atomic mass is 10.0. The number of methoxy groups -OCH3 is 1. The van der Waals surface area contributed by atoms with Gasteiger partial charge in [0.25, 0.3) is 0 Å². The van der Waals surface area contributed by atoms with Crippen molar-refractivity contribution >= 4 is 17.1 Å². The fourth-order valence-corrected chi connectivity index (χ4v) is 2.59. The first kappa shape index (κ1) is 13.9. The second-order valence-corrected chi connectivity index (χ2v) is 5.21. The third-order valence-corrected chi connectivity index (χ3v) is 3.67. The monoisotopic (exact) mass is 302 g/mol. The Morgan fingerprint density at radius 3 is 3.05 bits per heavy atom. The van der Waals surface area contributed by atoms with Crippen LogP contribution in [0.4, 0.5) is 0 Å². The van der Waals surface area contributed by atoms with Crippen molar-refractivity contribution in [1.82, 2.24) is 14.6 Å². The summed E-state index contributed by atoms with van der Waals surface area (Å²) in [5.41, 5.74) is 9.16. The largest absolute Gasteiger partial charge is 0.496 e. The first-order chi connectivity index (χ1) is 10.2. The molecule has 3 aromatic rings. The van der Waals surface area contributed by atoms with E-state index in [0.717, 1.165) is 22.4 Å². The molecule has 3 rings (SSSR count). The zero-order valence-corrected chi connectivity index (χ0v) is 12.3. The molecule has 0 fully saturated rings. The molecule has 6 heteroatoms. The lowest BCUT2D eigenvalue weighted by Crippen LogP contribution is -2.13. The standard InChI is InChI=1S/C15H15ClN4O/c1-21-15-3-2-11(16)6-10(15)7-13(17)12-8-19-20-5-4-18-9-14(12)20/h2-6,8-9,13H,7,17H2,1H3. The highest BCUT2D eigenvalue weighted by Crippen LogP contribution is 2.28. The molecule has 1 atom stereocenters. The molecular weight excluding hydrogens is 288 g/mol. The molecule has 2 N–H and O–H groups in total. The topological polar surface area (TPSA) is 65.4 Å². The van der Waals surface area contributed by atoms with Gasteiger partial charge >= 0.3 is 0 Å². The summed E-state index contributed by atoms with van der Waals surface area (Å²) in [6.45, 7) is 0. The molecule has 1 aromatic carbocycles. The Hall–Kier alpha value is -2.11. The Bertz CT molecular complexity index is 771. The maximum Gasteiger partial charge on any atom is 0.122 e. The summed E-state index contributed by atoms with van der Waals surface area (Å²) < 4.78 is 7.12. The Balaban J connectivity index is 1.93. The minimum atomic E-state index is -0.209. The molecule has 0 aliphatic rings. The molecule has 0 aliphatic heterocycles. The van der Waals surface area contributed by atoms with Crippen molar-refractivity contribution in [2.75, 3.05) is 7.11 Å². The summed E-state index contributed by atoms with van der Waals surface area (Å²) in [5.74, 6) is 0.782. The molecule has 0 spiro atoms. The SMILES string of the molecule is COc1ccc(Cl)cc1CC(N)c1cnn2ccncc12. The van der Waals surface area contributed by atoms with Gasteiger partial charge in [0, 0.05) is 29.0 Å². The van der Waals surface area contributed by atoms with Crippen LogP contribution in [0.15, 0.2) is 43.0 Å². The van der Waals surface area contributed by atoms with Crippen LogP contribution in [-0.4, -0.2) is 21.7 Å². The molecule has 0 aliphatic carbocycles. The van der Waals surface area contributed by atoms with Gasteiger partial charge in [-0.05, 0) is 30.2 Å². The Kier molecular flexibility index (Phi) is 3.77. The minimum absolute atomic E-state index is 0.209. The predicted octanol–water partition coefficient (Wildman–Crippen LogP) is 2.63. The fourth-order valence-electron chi connectivity index (χ4n) is 2.39. The number of fused-ring (bicyclic) bond motifs is 1. The van der Waals surface area contributed by atoms with Crippen molar-refractivity contribution in [2.45, 2.75) is 12.5 Å². The van der Waals surface area contributed by atoms with E-state index in [4.69, 9.17) is 22.1 Å². The first-order valence-electron chi connectivity index (χ1n) is 6.54. The van der Waals surface area contributed by atoms with Crippen LogP contribution in [0, 0.1) is 0 Å². The number of benzene rings is 1. The van der Waals surface area contributed by atoms with Crippen molar-refractivity contribution < 1.29 is 4.74 Å². The maximum atomic E-state index is 6.33. The molecule has 0 bridgehead atoms. The van der Waals surface area contributed by atoms with Crippen molar-refractivity contribution in [2.24, 2.45) is 5.73 Å². The second-order valence-electron chi connectivity index (χ2n) is 4.77. The van der Waals surface area contributed by atoms with Crippen LogP contribution in [0.1, 0.15) is 17.2 Å². The van der Waals surface area contributed by atoms with Crippen LogP contribution in [0.25, 0.3) is 5.52 Å². The van der Waals surface area contributed by atoms with Crippen molar-refractivity contribution in [3.63, 3.8) is 0 Å². The van der Waals surface area contributed by atoms with Gasteiger partial charge in [-0.25, -0.2) is 4.52 Å². The number of hydrogen-bond donors (Lipinski definition) is 1. The molecule has 2 aromatic heterocycles. The lowest BCUT2D eigenvalue weighted by molar-refractivity contribution is 0.408. The van der Waals surface area contributed by atoms with E-state index in [2.05, 4.69) is 10.1 Å². The third kappa shape index (κ3) is 2.70. The summed E-state index contributed by atoms with van der Waals surface area (Å²) in [7, 11) is 1.64. The zero-order chi connectivity index (χ0) is 14.8. The van der Waals surface area contributed by atoms with Gasteiger partial charge in [0.05, 0.1) is 25.0 Å². The van der Waals surface area contributed by atoms with Crippen molar-refractivity contribution in [3.8, 4) is 5.75 Å². The highest BCUT2D eigenvalue weighted by atomic mass is 35.5. The number of nitrogens with two attached hydrogens (primary N) is 1. The molecular formula is C15H15ClN4O. The van der Waals surface area contributed by atoms with Crippen molar-refractivity contribution in [1.29, 1.82) is 0 Å². The van der Waals surface area contributed by atoms with Gasteiger partial charge in [-0.15, -0.1) is 0 Å². The van der Waals surface area contributed by atoms with Crippen LogP contribution >= 0.6 is 11.6 Å². The second kappa shape index (κ2) is 5.71. The molecule has 108 valence electrons. The summed E-state index contributed by atoms with van der Waals surface area (Å²) in [5, 5.41) is 4.95. The average molecular weight is 303 g/mol. The highest BCUT2D eigenvalue weighted by molar-refractivity contribution is 6.30. The van der Waals surface area contributed by atoms with E-state index in [1.165, 1.54) is 0 Å². The van der Waals surface area contributed by atoms with Crippen molar-refractivity contribution in [3.05, 3.63) is 59.1 Å². The summed E-state index contributed by atoms with van der Waals surface area (Å²) in [4.78, 5) is 4.12. The number of rotatable bonds is 4. The molecule has 21 heavy (non-hydrogen) atoms. The molecule has 0 amide bonds. The normalized spacial score (nSPS) is 12.5. The van der Waals surface area contributed by atoms with Gasteiger partial charge < -0.3 is 10.5 Å². The van der Waals surface area contributed by atoms with Crippen LogP contribution in [0.2, 0.25) is 5.02 Å². The van der Waals surface area contributed by atoms with E-state index in [1.807, 2.05) is 12.1 Å². The Morgan fingerprint density at radius 1 is 1.38 bits per heavy atom. The van der Waals surface area contributed by atoms with Crippen LogP contribution in [-0.2, 0) is 6.42 Å². The number of halogens is 1. The van der Waals surface area contributed by atoms with Gasteiger partial charge in [-0.1, -0.05) is 11.6 Å². The average Bonchev–Trinajstić information content (AvgIpc) is 2.91. The highest BCUT2D eigenvalue weighted by Gasteiger charge is 2.15. The van der Waals surface area contributed by atoms with E-state index < -0.39 is 0 Å². The number of nitrogens with zero attached hydrogens (tertiary/aromatic N) is 3. The van der Waals surface area contributed by atoms with E-state index in [0.29, 0.717) is 11.4 Å². The van der Waals surface area contributed by atoms with Gasteiger partial charge in [0.15, 0.2) is 0 Å². The fraction of sp³-hybridized carbons (Fsp3) is 0.200. The first-order valence-corrected chi connectivity index (χ1v) is 6.92. The predicted molar refractivity (Wildman–Crippen MR) is 81.6 cm³/mol. The zero-order valence-electron chi connectivity index (χ0n) is 11.5. The molecule has 5 nitrogen and oxygen atoms in total. The molecule has 0 radical (unpaired) electrons. The number of ether oxygens (including phenoxy) is 1. The smallest absolute Gasteiger partial charge is 0.122 e. The maximum absolute atomic E-state index is 6.33. The van der Waals surface area contributed by atoms with Gasteiger partial charge in [-0.2, -0.15) is 5.10 Å². The van der Waals surface area contributed by atoms with E-state index in [9.17, 15) is 0 Å².